The van der Waals surface area contributed by atoms with Gasteiger partial charge in [-0.05, 0) is 30.5 Å². The van der Waals surface area contributed by atoms with E-state index in [4.69, 9.17) is 5.73 Å². The summed E-state index contributed by atoms with van der Waals surface area (Å²) in [7, 11) is 0. The normalized spacial score (nSPS) is 18.7. The van der Waals surface area contributed by atoms with Gasteiger partial charge in [-0.2, -0.15) is 5.10 Å². The molecule has 94 valence electrons. The van der Waals surface area contributed by atoms with E-state index in [1.165, 1.54) is 12.1 Å². The Morgan fingerprint density at radius 1 is 1.33 bits per heavy atom. The van der Waals surface area contributed by atoms with E-state index in [9.17, 15) is 4.39 Å². The van der Waals surface area contributed by atoms with Gasteiger partial charge in [-0.25, -0.2) is 14.1 Å². The summed E-state index contributed by atoms with van der Waals surface area (Å²) >= 11 is 0. The zero-order valence-electron chi connectivity index (χ0n) is 10.0. The molecule has 0 radical (unpaired) electrons. The summed E-state index contributed by atoms with van der Waals surface area (Å²) in [6.07, 6.45) is 3.52. The molecule has 0 bridgehead atoms. The minimum atomic E-state index is -0.224. The molecule has 0 aliphatic carbocycles. The molecule has 5 heteroatoms. The maximum atomic E-state index is 12.8. The van der Waals surface area contributed by atoms with Crippen molar-refractivity contribution in [1.29, 1.82) is 0 Å². The summed E-state index contributed by atoms with van der Waals surface area (Å²) in [5.74, 6) is 1.50. The highest BCUT2D eigenvalue weighted by molar-refractivity contribution is 5.20. The summed E-state index contributed by atoms with van der Waals surface area (Å²) in [5, 5.41) is 4.44. The van der Waals surface area contributed by atoms with Crippen LogP contribution in [0.3, 0.4) is 0 Å². The van der Waals surface area contributed by atoms with Crippen molar-refractivity contribution in [1.82, 2.24) is 14.8 Å². The van der Waals surface area contributed by atoms with Gasteiger partial charge in [-0.3, -0.25) is 0 Å². The van der Waals surface area contributed by atoms with E-state index < -0.39 is 0 Å². The van der Waals surface area contributed by atoms with E-state index in [0.29, 0.717) is 6.42 Å². The number of halogens is 1. The third-order valence-corrected chi connectivity index (χ3v) is 3.24. The Balaban J connectivity index is 1.83. The predicted molar refractivity (Wildman–Crippen MR) is 65.4 cm³/mol. The van der Waals surface area contributed by atoms with Crippen LogP contribution in [0.4, 0.5) is 4.39 Å². The van der Waals surface area contributed by atoms with Gasteiger partial charge < -0.3 is 5.73 Å². The van der Waals surface area contributed by atoms with Crippen LogP contribution in [0.15, 0.2) is 24.3 Å². The number of fused-ring (bicyclic) bond motifs is 1. The van der Waals surface area contributed by atoms with E-state index in [0.717, 1.165) is 36.5 Å². The molecule has 2 heterocycles. The Morgan fingerprint density at radius 3 is 2.83 bits per heavy atom. The zero-order chi connectivity index (χ0) is 12.5. The lowest BCUT2D eigenvalue weighted by Crippen LogP contribution is -2.25. The van der Waals surface area contributed by atoms with Crippen molar-refractivity contribution >= 4 is 0 Å². The van der Waals surface area contributed by atoms with Crippen molar-refractivity contribution in [3.05, 3.63) is 47.3 Å². The Hall–Kier alpha value is -1.75. The van der Waals surface area contributed by atoms with Crippen LogP contribution in [0.1, 0.15) is 36.2 Å². The molecule has 0 amide bonds. The molecule has 1 atom stereocenters. The molecule has 2 aromatic rings. The highest BCUT2D eigenvalue weighted by Gasteiger charge is 2.19. The molecule has 18 heavy (non-hydrogen) atoms. The first-order valence-electron chi connectivity index (χ1n) is 6.17. The molecular weight excluding hydrogens is 231 g/mol. The smallest absolute Gasteiger partial charge is 0.155 e. The molecule has 0 saturated carbocycles. The van der Waals surface area contributed by atoms with Crippen LogP contribution >= 0.6 is 0 Å². The first-order chi connectivity index (χ1) is 8.72. The van der Waals surface area contributed by atoms with Crippen molar-refractivity contribution in [3.8, 4) is 0 Å². The average Bonchev–Trinajstić information content (AvgIpc) is 2.76. The molecule has 0 saturated heterocycles. The van der Waals surface area contributed by atoms with Crippen LogP contribution in [0, 0.1) is 5.82 Å². The minimum absolute atomic E-state index is 0.0526. The molecule has 0 spiro atoms. The lowest BCUT2D eigenvalue weighted by molar-refractivity contribution is 0.371. The van der Waals surface area contributed by atoms with E-state index in [2.05, 4.69) is 10.1 Å². The number of hydrogen-bond acceptors (Lipinski definition) is 3. The lowest BCUT2D eigenvalue weighted by atomic mass is 10.1. The predicted octanol–water partition coefficient (Wildman–Crippen LogP) is 1.80. The monoisotopic (exact) mass is 246 g/mol. The van der Waals surface area contributed by atoms with Crippen LogP contribution < -0.4 is 5.73 Å². The quantitative estimate of drug-likeness (QED) is 0.879. The van der Waals surface area contributed by atoms with Gasteiger partial charge in [-0.1, -0.05) is 12.1 Å². The largest absolute Gasteiger partial charge is 0.310 e. The maximum Gasteiger partial charge on any atom is 0.155 e. The summed E-state index contributed by atoms with van der Waals surface area (Å²) in [6.45, 7) is 0. The number of nitrogens with two attached hydrogens (primary N) is 1. The fourth-order valence-corrected chi connectivity index (χ4v) is 2.29. The van der Waals surface area contributed by atoms with Gasteiger partial charge in [0.1, 0.15) is 17.8 Å². The van der Waals surface area contributed by atoms with Gasteiger partial charge in [0.05, 0.1) is 0 Å². The van der Waals surface area contributed by atoms with Crippen LogP contribution in [0.2, 0.25) is 0 Å². The van der Waals surface area contributed by atoms with Gasteiger partial charge >= 0.3 is 0 Å². The highest BCUT2D eigenvalue weighted by atomic mass is 19.1. The number of rotatable bonds is 2. The second-order valence-electron chi connectivity index (χ2n) is 4.65. The van der Waals surface area contributed by atoms with Gasteiger partial charge in [0.2, 0.25) is 0 Å². The topological polar surface area (TPSA) is 56.7 Å². The van der Waals surface area contributed by atoms with Crippen molar-refractivity contribution in [2.45, 2.75) is 31.8 Å². The Kier molecular flexibility index (Phi) is 2.83. The third kappa shape index (κ3) is 2.13. The summed E-state index contributed by atoms with van der Waals surface area (Å²) < 4.78 is 14.6. The Bertz CT molecular complexity index is 547. The van der Waals surface area contributed by atoms with Crippen LogP contribution in [0.25, 0.3) is 0 Å². The molecule has 0 fully saturated rings. The zero-order valence-corrected chi connectivity index (χ0v) is 10.0. The van der Waals surface area contributed by atoms with Crippen molar-refractivity contribution < 1.29 is 4.39 Å². The van der Waals surface area contributed by atoms with Crippen molar-refractivity contribution in [3.63, 3.8) is 0 Å². The summed E-state index contributed by atoms with van der Waals surface area (Å²) in [4.78, 5) is 4.50. The van der Waals surface area contributed by atoms with E-state index in [1.54, 1.807) is 12.1 Å². The first kappa shape index (κ1) is 11.3. The Labute approximate surface area is 105 Å². The van der Waals surface area contributed by atoms with E-state index in [-0.39, 0.29) is 12.0 Å². The minimum Gasteiger partial charge on any atom is -0.310 e. The molecule has 1 aromatic heterocycles. The fourth-order valence-electron chi connectivity index (χ4n) is 2.29. The molecule has 1 aliphatic heterocycles. The molecule has 1 aliphatic rings. The average molecular weight is 246 g/mol. The SMILES string of the molecule is NC1CCCc2nc(Cc3ccc(F)cc3)nn21. The van der Waals surface area contributed by atoms with Gasteiger partial charge in [0.15, 0.2) is 5.82 Å². The molecule has 1 unspecified atom stereocenters. The number of nitrogens with zero attached hydrogens (tertiary/aromatic N) is 3. The molecular formula is C13H15FN4. The third-order valence-electron chi connectivity index (χ3n) is 3.24. The summed E-state index contributed by atoms with van der Waals surface area (Å²) in [6, 6.07) is 6.43. The maximum absolute atomic E-state index is 12.8. The number of aromatic nitrogens is 3. The van der Waals surface area contributed by atoms with Crippen molar-refractivity contribution in [2.24, 2.45) is 5.73 Å². The number of hydrogen-bond donors (Lipinski definition) is 1. The number of benzene rings is 1. The standard InChI is InChI=1S/C13H15FN4/c14-10-6-4-9(5-7-10)8-12-16-13-3-1-2-11(15)18(13)17-12/h4-7,11H,1-3,8,15H2. The molecule has 2 N–H and O–H groups in total. The fraction of sp³-hybridized carbons (Fsp3) is 0.385. The van der Waals surface area contributed by atoms with Crippen LogP contribution in [0.5, 0.6) is 0 Å². The van der Waals surface area contributed by atoms with Gasteiger partial charge in [0, 0.05) is 12.8 Å². The second-order valence-corrected chi connectivity index (χ2v) is 4.65. The van der Waals surface area contributed by atoms with Crippen LogP contribution in [-0.2, 0) is 12.8 Å². The van der Waals surface area contributed by atoms with E-state index in [1.807, 2.05) is 4.68 Å². The second kappa shape index (κ2) is 4.49. The molecule has 3 rings (SSSR count). The van der Waals surface area contributed by atoms with Crippen LogP contribution in [-0.4, -0.2) is 14.8 Å². The van der Waals surface area contributed by atoms with Gasteiger partial charge in [-0.15, -0.1) is 0 Å². The van der Waals surface area contributed by atoms with Crippen molar-refractivity contribution in [2.75, 3.05) is 0 Å². The van der Waals surface area contributed by atoms with Gasteiger partial charge in [0.25, 0.3) is 0 Å². The van der Waals surface area contributed by atoms with E-state index >= 15 is 0 Å². The molecule has 4 nitrogen and oxygen atoms in total. The highest BCUT2D eigenvalue weighted by Crippen LogP contribution is 2.19. The summed E-state index contributed by atoms with van der Waals surface area (Å²) in [5.41, 5.74) is 6.99. The Morgan fingerprint density at radius 2 is 2.11 bits per heavy atom. The number of aryl methyl sites for hydroxylation is 1. The first-order valence-corrected chi connectivity index (χ1v) is 6.17. The lowest BCUT2D eigenvalue weighted by Gasteiger charge is -2.18. The molecule has 1 aromatic carbocycles.